The highest BCUT2D eigenvalue weighted by Crippen LogP contribution is 2.65. The van der Waals surface area contributed by atoms with Crippen LogP contribution in [0.15, 0.2) is 0 Å². The maximum atomic E-state index is 13.7. The van der Waals surface area contributed by atoms with Crippen molar-refractivity contribution in [3.8, 4) is 0 Å². The van der Waals surface area contributed by atoms with Crippen molar-refractivity contribution in [2.24, 2.45) is 5.92 Å². The molecule has 0 atom stereocenters. The van der Waals surface area contributed by atoms with Crippen LogP contribution in [0.2, 0.25) is 0 Å². The first kappa shape index (κ1) is 18.6. The maximum absolute atomic E-state index is 13.7. The Balaban J connectivity index is 2.56. The predicted molar refractivity (Wildman–Crippen MR) is 58.0 cm³/mol. The lowest BCUT2D eigenvalue weighted by atomic mass is 9.83. The summed E-state index contributed by atoms with van der Waals surface area (Å²) in [6, 6.07) is -14.3. The van der Waals surface area contributed by atoms with E-state index in [2.05, 4.69) is 0 Å². The number of nitrogens with zero attached hydrogens (tertiary/aromatic N) is 1. The summed E-state index contributed by atoms with van der Waals surface area (Å²) in [4.78, 5) is -1.69. The van der Waals surface area contributed by atoms with E-state index in [-0.39, 0.29) is 18.8 Å². The molecule has 0 aromatic rings. The molecule has 0 amide bonds. The molecule has 0 unspecified atom stereocenters. The molecule has 0 spiro atoms. The molecule has 136 valence electrons. The molecule has 1 saturated carbocycles. The van der Waals surface area contributed by atoms with Crippen LogP contribution in [0.4, 0.5) is 43.9 Å². The van der Waals surface area contributed by atoms with Crippen molar-refractivity contribution >= 4 is 0 Å². The minimum atomic E-state index is -6.90. The van der Waals surface area contributed by atoms with E-state index in [0.29, 0.717) is 0 Å². The summed E-state index contributed by atoms with van der Waals surface area (Å²) in [5, 5.41) is 0. The molecule has 1 saturated heterocycles. The van der Waals surface area contributed by atoms with E-state index in [9.17, 15) is 43.9 Å². The van der Waals surface area contributed by atoms with Crippen LogP contribution >= 0.6 is 0 Å². The maximum Gasteiger partial charge on any atom is 0.393 e. The smallest absolute Gasteiger partial charge is 0.192 e. The molecule has 0 bridgehead atoms. The van der Waals surface area contributed by atoms with E-state index in [1.165, 1.54) is 0 Å². The number of hydrogen-bond donors (Lipinski definition) is 0. The zero-order chi connectivity index (χ0) is 18.1. The molecule has 0 radical (unpaired) electrons. The van der Waals surface area contributed by atoms with Gasteiger partial charge in [0.25, 0.3) is 0 Å². The van der Waals surface area contributed by atoms with Crippen LogP contribution in [0.25, 0.3) is 0 Å². The first-order valence-corrected chi connectivity index (χ1v) is 6.81. The van der Waals surface area contributed by atoms with Crippen molar-refractivity contribution in [2.75, 3.05) is 0 Å². The van der Waals surface area contributed by atoms with Gasteiger partial charge in [0, 0.05) is 6.04 Å². The van der Waals surface area contributed by atoms with Crippen LogP contribution in [0, 0.1) is 5.92 Å². The lowest BCUT2D eigenvalue weighted by Gasteiger charge is -2.54. The van der Waals surface area contributed by atoms with Gasteiger partial charge in [0.2, 0.25) is 0 Å². The van der Waals surface area contributed by atoms with Crippen molar-refractivity contribution in [2.45, 2.75) is 68.5 Å². The van der Waals surface area contributed by atoms with E-state index < -0.39 is 53.6 Å². The predicted octanol–water partition coefficient (Wildman–Crippen LogP) is 4.97. The van der Waals surface area contributed by atoms with Crippen LogP contribution in [0.3, 0.4) is 0 Å². The van der Waals surface area contributed by atoms with Gasteiger partial charge in [0.05, 0.1) is 0 Å². The molecule has 1 nitrogen and oxygen atoms in total. The third kappa shape index (κ3) is 2.10. The number of alkyl halides is 10. The largest absolute Gasteiger partial charge is 0.393 e. The van der Waals surface area contributed by atoms with Crippen molar-refractivity contribution in [1.82, 2.24) is 4.90 Å². The molecule has 23 heavy (non-hydrogen) atoms. The fourth-order valence-electron chi connectivity index (χ4n) is 3.01. The average Bonchev–Trinajstić information content (AvgIpc) is 2.39. The van der Waals surface area contributed by atoms with Gasteiger partial charge in [0.15, 0.2) is 0 Å². The van der Waals surface area contributed by atoms with Gasteiger partial charge in [-0.15, -0.1) is 0 Å². The first-order valence-electron chi connectivity index (χ1n) is 6.81. The fraction of sp³-hybridized carbons (Fsp3) is 1.00. The van der Waals surface area contributed by atoms with Crippen molar-refractivity contribution in [1.29, 1.82) is 0 Å². The normalized spacial score (nSPS) is 38.2. The average molecular weight is 361 g/mol. The molecule has 1 heterocycles. The van der Waals surface area contributed by atoms with E-state index >= 15 is 0 Å². The Morgan fingerprint density at radius 2 is 0.957 bits per heavy atom. The highest BCUT2D eigenvalue weighted by atomic mass is 19.4. The molecule has 0 aromatic heterocycles. The lowest BCUT2D eigenvalue weighted by Crippen LogP contribution is -2.83. The van der Waals surface area contributed by atoms with Gasteiger partial charge in [-0.3, -0.25) is 0 Å². The minimum Gasteiger partial charge on any atom is -0.192 e. The zero-order valence-electron chi connectivity index (χ0n) is 11.7. The van der Waals surface area contributed by atoms with Gasteiger partial charge in [-0.2, -0.15) is 48.8 Å². The fourth-order valence-corrected chi connectivity index (χ4v) is 3.01. The SMILES string of the molecule is CC1CCC(N2C(F)(F)C(F)(F)C(F)(F)C(F)(F)C2(F)F)CC1. The van der Waals surface area contributed by atoms with Crippen LogP contribution < -0.4 is 0 Å². The molecule has 1 aliphatic carbocycles. The van der Waals surface area contributed by atoms with E-state index in [1.54, 1.807) is 6.92 Å². The minimum absolute atomic E-state index is 0.0564. The Morgan fingerprint density at radius 1 is 0.609 bits per heavy atom. The molecule has 0 aromatic carbocycles. The second kappa shape index (κ2) is 4.89. The molecule has 2 rings (SSSR count). The Morgan fingerprint density at radius 3 is 1.30 bits per heavy atom. The summed E-state index contributed by atoms with van der Waals surface area (Å²) in [6.45, 7) is 1.64. The number of hydrogen-bond acceptors (Lipinski definition) is 1. The van der Waals surface area contributed by atoms with Crippen LogP contribution in [-0.4, -0.2) is 40.8 Å². The molecule has 2 aliphatic rings. The summed E-state index contributed by atoms with van der Waals surface area (Å²) < 4.78 is 134. The van der Waals surface area contributed by atoms with E-state index in [0.717, 1.165) is 0 Å². The second-order valence-electron chi connectivity index (χ2n) is 6.09. The Bertz CT molecular complexity index is 436. The third-order valence-corrected chi connectivity index (χ3v) is 4.50. The molecule has 2 fully saturated rings. The van der Waals surface area contributed by atoms with Crippen LogP contribution in [-0.2, 0) is 0 Å². The van der Waals surface area contributed by atoms with Crippen LogP contribution in [0.1, 0.15) is 32.6 Å². The van der Waals surface area contributed by atoms with Gasteiger partial charge in [-0.05, 0) is 31.6 Å². The van der Waals surface area contributed by atoms with Crippen LogP contribution in [0.5, 0.6) is 0 Å². The quantitative estimate of drug-likeness (QED) is 0.471. The van der Waals surface area contributed by atoms with Gasteiger partial charge in [-0.1, -0.05) is 6.92 Å². The number of halogens is 10. The summed E-state index contributed by atoms with van der Waals surface area (Å²) in [5.74, 6) is -20.3. The molecule has 1 aliphatic heterocycles. The first-order chi connectivity index (χ1) is 10.1. The molecular formula is C12H13F10N. The lowest BCUT2D eigenvalue weighted by molar-refractivity contribution is -0.512. The third-order valence-electron chi connectivity index (χ3n) is 4.50. The van der Waals surface area contributed by atoms with E-state index in [4.69, 9.17) is 0 Å². The van der Waals surface area contributed by atoms with Crippen molar-refractivity contribution in [3.05, 3.63) is 0 Å². The zero-order valence-corrected chi connectivity index (χ0v) is 11.7. The molecule has 11 heteroatoms. The second-order valence-corrected chi connectivity index (χ2v) is 6.09. The molecule has 0 N–H and O–H groups in total. The highest BCUT2D eigenvalue weighted by Gasteiger charge is 2.95. The highest BCUT2D eigenvalue weighted by molar-refractivity contribution is 5.15. The van der Waals surface area contributed by atoms with Gasteiger partial charge in [-0.25, -0.2) is 0 Å². The number of likely N-dealkylation sites (tertiary alicyclic amines) is 1. The Labute approximate surface area is 124 Å². The van der Waals surface area contributed by atoms with Gasteiger partial charge in [0.1, 0.15) is 0 Å². The number of piperidine rings is 1. The summed E-state index contributed by atoms with van der Waals surface area (Å²) in [7, 11) is 0. The molecular weight excluding hydrogens is 348 g/mol. The topological polar surface area (TPSA) is 3.24 Å². The summed E-state index contributed by atoms with van der Waals surface area (Å²) >= 11 is 0. The number of rotatable bonds is 1. The summed E-state index contributed by atoms with van der Waals surface area (Å²) in [6.07, 6.45) is -0.879. The van der Waals surface area contributed by atoms with Gasteiger partial charge >= 0.3 is 29.9 Å². The monoisotopic (exact) mass is 361 g/mol. The Hall–Kier alpha value is -0.740. The van der Waals surface area contributed by atoms with Crippen molar-refractivity contribution in [3.63, 3.8) is 0 Å². The van der Waals surface area contributed by atoms with Crippen molar-refractivity contribution < 1.29 is 43.9 Å². The van der Waals surface area contributed by atoms with E-state index in [1.807, 2.05) is 0 Å². The standard InChI is InChI=1S/C12H13F10N/c1-6-2-4-7(5-3-6)23-11(19,20)9(15,16)8(13,14)10(17,18)12(23,21)22/h6-7H,2-5H2,1H3. The van der Waals surface area contributed by atoms with Gasteiger partial charge < -0.3 is 0 Å². The Kier molecular flexibility index (Phi) is 3.95. The summed E-state index contributed by atoms with van der Waals surface area (Å²) in [5.41, 5.74) is 0.